The molecular weight excluding hydrogens is 428 g/mol. The predicted octanol–water partition coefficient (Wildman–Crippen LogP) is 4.11. The molecule has 6 nitrogen and oxygen atoms in total. The van der Waals surface area contributed by atoms with Crippen LogP contribution in [0.4, 0.5) is 0 Å². The first-order valence-electron chi connectivity index (χ1n) is 8.71. The third-order valence-electron chi connectivity index (χ3n) is 4.65. The Balaban J connectivity index is 0.000000932. The highest BCUT2D eigenvalue weighted by molar-refractivity contribution is 9.10. The fourth-order valence-corrected chi connectivity index (χ4v) is 4.04. The van der Waals surface area contributed by atoms with E-state index >= 15 is 0 Å². The van der Waals surface area contributed by atoms with Gasteiger partial charge in [-0.2, -0.15) is 0 Å². The Morgan fingerprint density at radius 2 is 1.79 bits per heavy atom. The Hall–Kier alpha value is -3.06. The van der Waals surface area contributed by atoms with Crippen LogP contribution >= 0.6 is 15.9 Å². The van der Waals surface area contributed by atoms with Crippen molar-refractivity contribution >= 4 is 43.4 Å². The van der Waals surface area contributed by atoms with Crippen molar-refractivity contribution in [3.05, 3.63) is 84.1 Å². The van der Waals surface area contributed by atoms with Crippen molar-refractivity contribution in [1.29, 1.82) is 0 Å². The molecule has 2 aliphatic rings. The molecule has 0 fully saturated rings. The number of halogens is 1. The fourth-order valence-electron chi connectivity index (χ4n) is 3.60. The number of hydrogen-bond acceptors (Lipinski definition) is 6. The molecule has 2 heterocycles. The molecule has 0 radical (unpaired) electrons. The molecule has 142 valence electrons. The Labute approximate surface area is 166 Å². The molecule has 0 spiro atoms. The number of hydrogen-bond donors (Lipinski definition) is 2. The summed E-state index contributed by atoms with van der Waals surface area (Å²) in [6.07, 6.45) is 6.00. The van der Waals surface area contributed by atoms with Gasteiger partial charge in [0.1, 0.15) is 28.1 Å². The fraction of sp³-hybridized carbons (Fsp3) is 0.143. The minimum Gasteiger partial charge on any atom is -0.508 e. The van der Waals surface area contributed by atoms with E-state index in [2.05, 4.69) is 15.9 Å². The zero-order valence-corrected chi connectivity index (χ0v) is 16.5. The molecule has 0 aliphatic heterocycles. The Morgan fingerprint density at radius 1 is 1.04 bits per heavy atom. The maximum atomic E-state index is 12.6. The van der Waals surface area contributed by atoms with Crippen LogP contribution in [0.2, 0.25) is 0 Å². The summed E-state index contributed by atoms with van der Waals surface area (Å²) >= 11 is 3.28. The van der Waals surface area contributed by atoms with Crippen LogP contribution in [-0.4, -0.2) is 10.2 Å². The van der Waals surface area contributed by atoms with Gasteiger partial charge >= 0.3 is 11.3 Å². The van der Waals surface area contributed by atoms with E-state index in [1.54, 1.807) is 24.3 Å². The number of aliphatic hydroxyl groups is 2. The number of rotatable bonds is 0. The molecule has 2 aliphatic carbocycles. The van der Waals surface area contributed by atoms with Crippen molar-refractivity contribution in [1.82, 2.24) is 0 Å². The van der Waals surface area contributed by atoms with Gasteiger partial charge in [-0.25, -0.2) is 9.59 Å². The van der Waals surface area contributed by atoms with Crippen molar-refractivity contribution in [3.8, 4) is 0 Å². The highest BCUT2D eigenvalue weighted by Crippen LogP contribution is 2.40. The molecular formula is C21H15BrO6. The predicted molar refractivity (Wildman–Crippen MR) is 110 cm³/mol. The van der Waals surface area contributed by atoms with E-state index in [1.807, 2.05) is 13.8 Å². The number of fused-ring (bicyclic) bond motifs is 2. The normalized spacial score (nSPS) is 17.5. The molecule has 1 aromatic carbocycles. The summed E-state index contributed by atoms with van der Waals surface area (Å²) in [5, 5.41) is 21.6. The molecule has 0 bridgehead atoms. The molecule has 28 heavy (non-hydrogen) atoms. The van der Waals surface area contributed by atoms with Crippen LogP contribution < -0.4 is 16.5 Å². The maximum Gasteiger partial charge on any atom is 0.348 e. The molecule has 1 atom stereocenters. The van der Waals surface area contributed by atoms with E-state index in [9.17, 15) is 19.8 Å². The standard InChI is InChI=1S/C19H9BrO6.C2H6/c20-7-4-11-13-12(5-7)25-19(24)15-14(13)17(26-18(11)23)10-6-8(21)2-1-3-9(10)16(15)22;1-2/h1-6,10,21-22H;1-2H3. The van der Waals surface area contributed by atoms with Gasteiger partial charge in [-0.05, 0) is 24.3 Å². The summed E-state index contributed by atoms with van der Waals surface area (Å²) in [5.41, 5.74) is -0.769. The Bertz CT molecular complexity index is 1400. The zero-order chi connectivity index (χ0) is 20.2. The Morgan fingerprint density at radius 3 is 2.54 bits per heavy atom. The molecule has 0 amide bonds. The Kier molecular flexibility index (Phi) is 4.27. The molecule has 0 saturated heterocycles. The smallest absolute Gasteiger partial charge is 0.348 e. The highest BCUT2D eigenvalue weighted by Gasteiger charge is 2.33. The molecule has 1 unspecified atom stereocenters. The summed E-state index contributed by atoms with van der Waals surface area (Å²) < 4.78 is 11.5. The molecule has 5 rings (SSSR count). The van der Waals surface area contributed by atoms with Gasteiger partial charge in [-0.1, -0.05) is 41.9 Å². The molecule has 2 aromatic heterocycles. The summed E-state index contributed by atoms with van der Waals surface area (Å²) in [6, 6.07) is 3.16. The second-order valence-corrected chi connectivity index (χ2v) is 7.03. The van der Waals surface area contributed by atoms with Crippen LogP contribution in [0.1, 0.15) is 25.5 Å². The van der Waals surface area contributed by atoms with Crippen molar-refractivity contribution in [2.75, 3.05) is 0 Å². The summed E-state index contributed by atoms with van der Waals surface area (Å²) in [4.78, 5) is 25.1. The maximum absolute atomic E-state index is 12.6. The minimum absolute atomic E-state index is 0.0399. The summed E-state index contributed by atoms with van der Waals surface area (Å²) in [5.74, 6) is -0.811. The van der Waals surface area contributed by atoms with Crippen LogP contribution in [0.3, 0.4) is 0 Å². The SMILES string of the molecule is CC.O=c1oc2cc(Br)cc3c(=O)oc4c(c1=C(O)C1=CC=CC(O)=CC14)c23. The van der Waals surface area contributed by atoms with Crippen molar-refractivity contribution in [3.63, 3.8) is 0 Å². The third kappa shape index (κ3) is 2.46. The highest BCUT2D eigenvalue weighted by atomic mass is 79.9. The lowest BCUT2D eigenvalue weighted by Crippen LogP contribution is -2.33. The number of aliphatic hydroxyl groups excluding tert-OH is 2. The molecule has 3 aromatic rings. The van der Waals surface area contributed by atoms with E-state index in [-0.39, 0.29) is 33.5 Å². The minimum atomic E-state index is -0.731. The van der Waals surface area contributed by atoms with Crippen molar-refractivity contribution < 1.29 is 19.0 Å². The second kappa shape index (κ2) is 6.53. The third-order valence-corrected chi connectivity index (χ3v) is 5.11. The van der Waals surface area contributed by atoms with E-state index in [1.165, 1.54) is 12.2 Å². The van der Waals surface area contributed by atoms with Gasteiger partial charge in [0.15, 0.2) is 0 Å². The van der Waals surface area contributed by atoms with Gasteiger partial charge in [0.05, 0.1) is 11.3 Å². The molecule has 0 saturated carbocycles. The quantitative estimate of drug-likeness (QED) is 0.508. The van der Waals surface area contributed by atoms with Gasteiger partial charge in [0.2, 0.25) is 0 Å². The van der Waals surface area contributed by atoms with Crippen LogP contribution in [0.5, 0.6) is 0 Å². The van der Waals surface area contributed by atoms with E-state index < -0.39 is 17.2 Å². The largest absolute Gasteiger partial charge is 0.508 e. The first-order valence-corrected chi connectivity index (χ1v) is 9.50. The average Bonchev–Trinajstić information content (AvgIpc) is 2.86. The number of allylic oxidation sites excluding steroid dienone is 4. The van der Waals surface area contributed by atoms with Gasteiger partial charge in [-0.3, -0.25) is 0 Å². The van der Waals surface area contributed by atoms with Crippen LogP contribution in [0.15, 0.2) is 70.7 Å². The van der Waals surface area contributed by atoms with Gasteiger partial charge in [0.25, 0.3) is 0 Å². The summed E-state index contributed by atoms with van der Waals surface area (Å²) in [6.45, 7) is 4.00. The lowest BCUT2D eigenvalue weighted by molar-refractivity contribution is 0.419. The van der Waals surface area contributed by atoms with Gasteiger partial charge < -0.3 is 19.0 Å². The van der Waals surface area contributed by atoms with Gasteiger partial charge in [0, 0.05) is 20.8 Å². The molecule has 7 heteroatoms. The lowest BCUT2D eigenvalue weighted by atomic mass is 9.85. The number of benzene rings is 1. The van der Waals surface area contributed by atoms with E-state index in [4.69, 9.17) is 8.83 Å². The van der Waals surface area contributed by atoms with Crippen LogP contribution in [0.25, 0.3) is 27.5 Å². The first-order chi connectivity index (χ1) is 13.5. The average molecular weight is 443 g/mol. The monoisotopic (exact) mass is 442 g/mol. The van der Waals surface area contributed by atoms with E-state index in [0.717, 1.165) is 0 Å². The molecule has 2 N–H and O–H groups in total. The van der Waals surface area contributed by atoms with E-state index in [0.29, 0.717) is 20.8 Å². The summed E-state index contributed by atoms with van der Waals surface area (Å²) in [7, 11) is 0. The lowest BCUT2D eigenvalue weighted by Gasteiger charge is -2.22. The van der Waals surface area contributed by atoms with Gasteiger partial charge in [-0.15, -0.1) is 0 Å². The second-order valence-electron chi connectivity index (χ2n) is 6.12. The van der Waals surface area contributed by atoms with Crippen molar-refractivity contribution in [2.45, 2.75) is 19.8 Å². The first kappa shape index (κ1) is 18.3. The van der Waals surface area contributed by atoms with Crippen LogP contribution in [-0.2, 0) is 0 Å². The van der Waals surface area contributed by atoms with Crippen LogP contribution in [0, 0.1) is 0 Å². The zero-order valence-electron chi connectivity index (χ0n) is 14.9. The topological polar surface area (TPSA) is 101 Å². The van der Waals surface area contributed by atoms with Crippen molar-refractivity contribution in [2.24, 2.45) is 0 Å².